The summed E-state index contributed by atoms with van der Waals surface area (Å²) >= 11 is 0. The Kier molecular flexibility index (Phi) is 7.83. The lowest BCUT2D eigenvalue weighted by atomic mass is 10.00. The molecule has 0 heterocycles. The predicted octanol–water partition coefficient (Wildman–Crippen LogP) is 2.76. The number of aliphatic imine (C=N–C) groups is 1. The van der Waals surface area contributed by atoms with Gasteiger partial charge in [-0.2, -0.15) is 0 Å². The zero-order valence-electron chi connectivity index (χ0n) is 13.9. The Hall–Kier alpha value is -1.55. The molecule has 4 nitrogen and oxygen atoms in total. The second kappa shape index (κ2) is 9.40. The molecule has 0 spiro atoms. The third-order valence-corrected chi connectivity index (χ3v) is 3.30. The van der Waals surface area contributed by atoms with Crippen molar-refractivity contribution in [2.24, 2.45) is 10.9 Å². The van der Waals surface area contributed by atoms with E-state index in [1.54, 1.807) is 14.2 Å². The normalized spacial score (nSPS) is 13.3. The molecule has 0 fully saturated rings. The van der Waals surface area contributed by atoms with E-state index >= 15 is 0 Å². The Bertz CT molecular complexity index is 426. The van der Waals surface area contributed by atoms with E-state index in [0.29, 0.717) is 12.5 Å². The fourth-order valence-corrected chi connectivity index (χ4v) is 2.17. The highest BCUT2D eigenvalue weighted by molar-refractivity contribution is 5.80. The number of rotatable bonds is 7. The molecule has 1 atom stereocenters. The van der Waals surface area contributed by atoms with Crippen molar-refractivity contribution in [2.45, 2.75) is 33.2 Å². The molecular weight excluding hydrogens is 262 g/mol. The number of nitrogens with zero attached hydrogens (tertiary/aromatic N) is 1. The number of hydrogen-bond donors (Lipinski definition) is 2. The van der Waals surface area contributed by atoms with Crippen LogP contribution in [0.1, 0.15) is 37.9 Å². The molecule has 2 N–H and O–H groups in total. The van der Waals surface area contributed by atoms with Crippen molar-refractivity contribution < 1.29 is 4.74 Å². The SMILES string of the molecule is CN=C(NCCOC)NC(C)c1ccc(CC(C)C)cc1. The van der Waals surface area contributed by atoms with Crippen molar-refractivity contribution in [1.29, 1.82) is 0 Å². The first-order valence-electron chi connectivity index (χ1n) is 7.61. The summed E-state index contributed by atoms with van der Waals surface area (Å²) in [5.41, 5.74) is 2.65. The molecule has 1 unspecified atom stereocenters. The number of benzene rings is 1. The summed E-state index contributed by atoms with van der Waals surface area (Å²) in [5.74, 6) is 1.49. The second-order valence-corrected chi connectivity index (χ2v) is 5.70. The van der Waals surface area contributed by atoms with E-state index in [1.807, 2.05) is 0 Å². The van der Waals surface area contributed by atoms with Crippen molar-refractivity contribution in [2.75, 3.05) is 27.3 Å². The first-order valence-corrected chi connectivity index (χ1v) is 7.61. The molecule has 21 heavy (non-hydrogen) atoms. The minimum atomic E-state index is 0.215. The number of methoxy groups -OCH3 is 1. The Balaban J connectivity index is 2.55. The predicted molar refractivity (Wildman–Crippen MR) is 89.8 cm³/mol. The van der Waals surface area contributed by atoms with Gasteiger partial charge in [-0.05, 0) is 30.4 Å². The maximum atomic E-state index is 5.03. The average Bonchev–Trinajstić information content (AvgIpc) is 2.46. The highest BCUT2D eigenvalue weighted by Crippen LogP contribution is 2.15. The molecule has 0 aliphatic rings. The standard InChI is InChI=1S/C17H29N3O/c1-13(2)12-15-6-8-16(9-7-15)14(3)20-17(18-4)19-10-11-21-5/h6-9,13-14H,10-12H2,1-5H3,(H2,18,19,20). The van der Waals surface area contributed by atoms with Gasteiger partial charge in [0, 0.05) is 20.7 Å². The number of ether oxygens (including phenoxy) is 1. The minimum Gasteiger partial charge on any atom is -0.383 e. The molecule has 1 aromatic carbocycles. The van der Waals surface area contributed by atoms with E-state index in [-0.39, 0.29) is 6.04 Å². The van der Waals surface area contributed by atoms with Gasteiger partial charge >= 0.3 is 0 Å². The van der Waals surface area contributed by atoms with Crippen molar-refractivity contribution in [3.05, 3.63) is 35.4 Å². The van der Waals surface area contributed by atoms with Crippen molar-refractivity contribution in [3.63, 3.8) is 0 Å². The molecule has 0 amide bonds. The van der Waals surface area contributed by atoms with E-state index in [1.165, 1.54) is 11.1 Å². The van der Waals surface area contributed by atoms with Crippen LogP contribution in [0.15, 0.2) is 29.3 Å². The minimum absolute atomic E-state index is 0.215. The van der Waals surface area contributed by atoms with Gasteiger partial charge in [-0.1, -0.05) is 38.1 Å². The van der Waals surface area contributed by atoms with Crippen molar-refractivity contribution >= 4 is 5.96 Å². The Labute approximate surface area is 129 Å². The van der Waals surface area contributed by atoms with Crippen molar-refractivity contribution in [1.82, 2.24) is 10.6 Å². The van der Waals surface area contributed by atoms with Crippen LogP contribution in [-0.2, 0) is 11.2 Å². The fraction of sp³-hybridized carbons (Fsp3) is 0.588. The molecule has 1 aromatic rings. The van der Waals surface area contributed by atoms with Gasteiger partial charge in [-0.3, -0.25) is 4.99 Å². The Morgan fingerprint density at radius 3 is 2.38 bits per heavy atom. The monoisotopic (exact) mass is 291 g/mol. The lowest BCUT2D eigenvalue weighted by molar-refractivity contribution is 0.203. The van der Waals surface area contributed by atoms with Crippen LogP contribution in [0.5, 0.6) is 0 Å². The molecule has 0 saturated heterocycles. The first kappa shape index (κ1) is 17.5. The summed E-state index contributed by atoms with van der Waals surface area (Å²) in [6.45, 7) is 8.04. The van der Waals surface area contributed by atoms with Gasteiger partial charge in [0.05, 0.1) is 12.6 Å². The van der Waals surface area contributed by atoms with E-state index < -0.39 is 0 Å². The van der Waals surface area contributed by atoms with Crippen molar-refractivity contribution in [3.8, 4) is 0 Å². The summed E-state index contributed by atoms with van der Waals surface area (Å²) < 4.78 is 5.03. The van der Waals surface area contributed by atoms with E-state index in [4.69, 9.17) is 4.74 Å². The lowest BCUT2D eigenvalue weighted by Gasteiger charge is -2.18. The topological polar surface area (TPSA) is 45.7 Å². The van der Waals surface area contributed by atoms with Gasteiger partial charge < -0.3 is 15.4 Å². The van der Waals surface area contributed by atoms with Crippen LogP contribution < -0.4 is 10.6 Å². The lowest BCUT2D eigenvalue weighted by Crippen LogP contribution is -2.40. The van der Waals surface area contributed by atoms with Gasteiger partial charge in [-0.15, -0.1) is 0 Å². The van der Waals surface area contributed by atoms with Gasteiger partial charge in [-0.25, -0.2) is 0 Å². The summed E-state index contributed by atoms with van der Waals surface area (Å²) in [6, 6.07) is 9.03. The van der Waals surface area contributed by atoms with E-state index in [2.05, 4.69) is 60.7 Å². The molecule has 0 bridgehead atoms. The van der Waals surface area contributed by atoms with Crippen LogP contribution in [-0.4, -0.2) is 33.3 Å². The van der Waals surface area contributed by atoms with E-state index in [9.17, 15) is 0 Å². The molecule has 118 valence electrons. The Morgan fingerprint density at radius 2 is 1.86 bits per heavy atom. The van der Waals surface area contributed by atoms with Crippen LogP contribution in [0, 0.1) is 5.92 Å². The first-order chi connectivity index (χ1) is 10.1. The fourth-order valence-electron chi connectivity index (χ4n) is 2.17. The summed E-state index contributed by atoms with van der Waals surface area (Å²) in [4.78, 5) is 4.22. The molecule has 1 rings (SSSR count). The van der Waals surface area contributed by atoms with Crippen LogP contribution >= 0.6 is 0 Å². The summed E-state index contributed by atoms with van der Waals surface area (Å²) in [7, 11) is 3.47. The molecule has 0 aliphatic carbocycles. The van der Waals surface area contributed by atoms with Gasteiger partial charge in [0.1, 0.15) is 0 Å². The maximum absolute atomic E-state index is 5.03. The maximum Gasteiger partial charge on any atom is 0.191 e. The zero-order chi connectivity index (χ0) is 15.7. The molecule has 0 aromatic heterocycles. The molecule has 4 heteroatoms. The average molecular weight is 291 g/mol. The second-order valence-electron chi connectivity index (χ2n) is 5.70. The molecular formula is C17H29N3O. The number of nitrogens with one attached hydrogen (secondary N) is 2. The molecule has 0 saturated carbocycles. The van der Waals surface area contributed by atoms with Gasteiger partial charge in [0.15, 0.2) is 5.96 Å². The van der Waals surface area contributed by atoms with Crippen LogP contribution in [0.4, 0.5) is 0 Å². The van der Waals surface area contributed by atoms with Crippen LogP contribution in [0.3, 0.4) is 0 Å². The largest absolute Gasteiger partial charge is 0.383 e. The number of guanidine groups is 1. The highest BCUT2D eigenvalue weighted by Gasteiger charge is 2.07. The summed E-state index contributed by atoms with van der Waals surface area (Å²) in [6.07, 6.45) is 1.13. The Morgan fingerprint density at radius 1 is 1.19 bits per heavy atom. The third-order valence-electron chi connectivity index (χ3n) is 3.30. The molecule has 0 aliphatic heterocycles. The summed E-state index contributed by atoms with van der Waals surface area (Å²) in [5, 5.41) is 6.61. The molecule has 0 radical (unpaired) electrons. The van der Waals surface area contributed by atoms with Gasteiger partial charge in [0.25, 0.3) is 0 Å². The quantitative estimate of drug-likeness (QED) is 0.461. The van der Waals surface area contributed by atoms with E-state index in [0.717, 1.165) is 18.9 Å². The van der Waals surface area contributed by atoms with Crippen LogP contribution in [0.2, 0.25) is 0 Å². The highest BCUT2D eigenvalue weighted by atomic mass is 16.5. The van der Waals surface area contributed by atoms with Crippen LogP contribution in [0.25, 0.3) is 0 Å². The smallest absolute Gasteiger partial charge is 0.191 e. The number of hydrogen-bond acceptors (Lipinski definition) is 2. The third kappa shape index (κ3) is 6.63. The zero-order valence-corrected chi connectivity index (χ0v) is 13.9. The van der Waals surface area contributed by atoms with Gasteiger partial charge in [0.2, 0.25) is 0 Å².